The number of aromatic nitrogens is 2. The fraction of sp³-hybridized carbons (Fsp3) is 0.692. The van der Waals surface area contributed by atoms with E-state index in [1.807, 2.05) is 11.2 Å². The molecule has 0 unspecified atom stereocenters. The molecule has 1 aliphatic heterocycles. The van der Waals surface area contributed by atoms with Crippen LogP contribution < -0.4 is 0 Å². The van der Waals surface area contributed by atoms with E-state index in [9.17, 15) is 10.1 Å². The number of piperidine rings is 1. The molecule has 1 aliphatic rings. The molecule has 2 heterocycles. The van der Waals surface area contributed by atoms with Crippen molar-refractivity contribution in [2.75, 3.05) is 19.3 Å². The van der Waals surface area contributed by atoms with E-state index >= 15 is 0 Å². The van der Waals surface area contributed by atoms with Gasteiger partial charge in [0.15, 0.2) is 0 Å². The van der Waals surface area contributed by atoms with Crippen molar-refractivity contribution in [1.29, 1.82) is 5.26 Å². The standard InChI is InChI=1S/C13H18N4OS2/c1-3-4-10-11(20-16-15-10)12(18)17-7-5-13(9-14,19-2)6-8-17/h3-8H2,1-2H3. The molecule has 0 spiro atoms. The zero-order chi connectivity index (χ0) is 14.6. The zero-order valence-corrected chi connectivity index (χ0v) is 13.4. The Hall–Kier alpha value is -1.13. The first-order chi connectivity index (χ1) is 9.65. The summed E-state index contributed by atoms with van der Waals surface area (Å²) in [7, 11) is 0. The summed E-state index contributed by atoms with van der Waals surface area (Å²) in [5.74, 6) is 0.0242. The minimum absolute atomic E-state index is 0.0242. The van der Waals surface area contributed by atoms with Crippen LogP contribution in [0.5, 0.6) is 0 Å². The summed E-state index contributed by atoms with van der Waals surface area (Å²) in [4.78, 5) is 15.0. The lowest BCUT2D eigenvalue weighted by Crippen LogP contribution is -2.44. The van der Waals surface area contributed by atoms with Crippen LogP contribution in [0, 0.1) is 11.3 Å². The van der Waals surface area contributed by atoms with Gasteiger partial charge in [-0.25, -0.2) is 0 Å². The van der Waals surface area contributed by atoms with Gasteiger partial charge in [-0.2, -0.15) is 5.26 Å². The van der Waals surface area contributed by atoms with Gasteiger partial charge >= 0.3 is 0 Å². The van der Waals surface area contributed by atoms with E-state index in [2.05, 4.69) is 22.6 Å². The first kappa shape index (κ1) is 15.3. The number of aryl methyl sites for hydroxylation is 1. The predicted octanol–water partition coefficient (Wildman–Crippen LogP) is 2.35. The molecule has 0 saturated carbocycles. The minimum atomic E-state index is -0.324. The lowest BCUT2D eigenvalue weighted by atomic mass is 9.97. The average molecular weight is 310 g/mol. The van der Waals surface area contributed by atoms with Gasteiger partial charge < -0.3 is 4.90 Å². The molecular formula is C13H18N4OS2. The number of likely N-dealkylation sites (tertiary alicyclic amines) is 1. The van der Waals surface area contributed by atoms with Crippen molar-refractivity contribution < 1.29 is 4.79 Å². The highest BCUT2D eigenvalue weighted by Gasteiger charge is 2.36. The van der Waals surface area contributed by atoms with Gasteiger partial charge in [-0.05, 0) is 37.1 Å². The van der Waals surface area contributed by atoms with Crippen molar-refractivity contribution >= 4 is 29.2 Å². The molecule has 0 atom stereocenters. The van der Waals surface area contributed by atoms with Crippen LogP contribution in [0.1, 0.15) is 41.6 Å². The molecule has 1 aromatic heterocycles. The monoisotopic (exact) mass is 310 g/mol. The van der Waals surface area contributed by atoms with Crippen molar-refractivity contribution in [1.82, 2.24) is 14.5 Å². The van der Waals surface area contributed by atoms with E-state index in [4.69, 9.17) is 0 Å². The molecule has 0 N–H and O–H groups in total. The van der Waals surface area contributed by atoms with Crippen LogP contribution in [0.15, 0.2) is 0 Å². The quantitative estimate of drug-likeness (QED) is 0.854. The maximum Gasteiger partial charge on any atom is 0.267 e. The Bertz CT molecular complexity index is 515. The molecule has 108 valence electrons. The SMILES string of the molecule is CCCc1nnsc1C(=O)N1CCC(C#N)(SC)CC1. The summed E-state index contributed by atoms with van der Waals surface area (Å²) in [5, 5.41) is 13.3. The number of hydrogen-bond donors (Lipinski definition) is 0. The summed E-state index contributed by atoms with van der Waals surface area (Å²) in [5.41, 5.74) is 0.810. The van der Waals surface area contributed by atoms with E-state index in [1.165, 1.54) is 11.5 Å². The maximum absolute atomic E-state index is 12.5. The number of hydrogen-bond acceptors (Lipinski definition) is 6. The first-order valence-corrected chi connectivity index (χ1v) is 8.72. The lowest BCUT2D eigenvalue weighted by Gasteiger charge is -2.35. The molecule has 1 amide bonds. The van der Waals surface area contributed by atoms with Crippen molar-refractivity contribution in [3.63, 3.8) is 0 Å². The number of carbonyl (C=O) groups excluding carboxylic acids is 1. The van der Waals surface area contributed by atoms with Crippen LogP contribution in [0.25, 0.3) is 0 Å². The summed E-state index contributed by atoms with van der Waals surface area (Å²) < 4.78 is 3.58. The Kier molecular flexibility index (Phi) is 5.00. The van der Waals surface area contributed by atoms with Crippen molar-refractivity contribution in [2.24, 2.45) is 0 Å². The summed E-state index contributed by atoms with van der Waals surface area (Å²) >= 11 is 2.77. The topological polar surface area (TPSA) is 69.9 Å². The van der Waals surface area contributed by atoms with E-state index in [0.29, 0.717) is 18.0 Å². The van der Waals surface area contributed by atoms with E-state index < -0.39 is 0 Å². The van der Waals surface area contributed by atoms with Gasteiger partial charge in [0, 0.05) is 13.1 Å². The second kappa shape index (κ2) is 6.55. The Balaban J connectivity index is 2.05. The normalized spacial score (nSPS) is 17.8. The van der Waals surface area contributed by atoms with Crippen molar-refractivity contribution in [3.8, 4) is 6.07 Å². The van der Waals surface area contributed by atoms with Gasteiger partial charge in [-0.15, -0.1) is 16.9 Å². The second-order valence-corrected chi connectivity index (χ2v) is 6.85. The van der Waals surface area contributed by atoms with Crippen molar-refractivity contribution in [2.45, 2.75) is 37.4 Å². The third-order valence-corrected chi connectivity index (χ3v) is 5.73. The second-order valence-electron chi connectivity index (χ2n) is 4.90. The van der Waals surface area contributed by atoms with Crippen LogP contribution >= 0.6 is 23.3 Å². The van der Waals surface area contributed by atoms with Gasteiger partial charge in [-0.1, -0.05) is 17.8 Å². The van der Waals surface area contributed by atoms with Gasteiger partial charge in [0.1, 0.15) is 9.62 Å². The molecule has 5 nitrogen and oxygen atoms in total. The van der Waals surface area contributed by atoms with E-state index in [1.54, 1.807) is 11.8 Å². The molecule has 0 aliphatic carbocycles. The van der Waals surface area contributed by atoms with Crippen LogP contribution in [-0.4, -0.2) is 44.5 Å². The molecule has 1 fully saturated rings. The fourth-order valence-electron chi connectivity index (χ4n) is 2.35. The van der Waals surface area contributed by atoms with Gasteiger partial charge in [0.25, 0.3) is 5.91 Å². The molecular weight excluding hydrogens is 292 g/mol. The lowest BCUT2D eigenvalue weighted by molar-refractivity contribution is 0.0720. The predicted molar refractivity (Wildman–Crippen MR) is 80.9 cm³/mol. The Morgan fingerprint density at radius 1 is 1.55 bits per heavy atom. The maximum atomic E-state index is 12.5. The van der Waals surface area contributed by atoms with Gasteiger partial charge in [0.05, 0.1) is 11.8 Å². The number of rotatable bonds is 4. The third-order valence-electron chi connectivity index (χ3n) is 3.69. The Morgan fingerprint density at radius 2 is 2.25 bits per heavy atom. The molecule has 7 heteroatoms. The van der Waals surface area contributed by atoms with Crippen LogP contribution in [0.3, 0.4) is 0 Å². The van der Waals surface area contributed by atoms with Gasteiger partial charge in [-0.3, -0.25) is 4.79 Å². The fourth-order valence-corrected chi connectivity index (χ4v) is 3.71. The molecule has 0 aromatic carbocycles. The van der Waals surface area contributed by atoms with Crippen LogP contribution in [-0.2, 0) is 6.42 Å². The number of amides is 1. The number of carbonyl (C=O) groups is 1. The highest BCUT2D eigenvalue weighted by atomic mass is 32.2. The molecule has 0 radical (unpaired) electrons. The third kappa shape index (κ3) is 2.96. The summed E-state index contributed by atoms with van der Waals surface area (Å²) in [6.45, 7) is 3.33. The smallest absolute Gasteiger partial charge is 0.267 e. The average Bonchev–Trinajstić information content (AvgIpc) is 2.95. The highest BCUT2D eigenvalue weighted by molar-refractivity contribution is 8.00. The molecule has 1 saturated heterocycles. The first-order valence-electron chi connectivity index (χ1n) is 6.72. The van der Waals surface area contributed by atoms with E-state index in [0.717, 1.165) is 31.4 Å². The number of thioether (sulfide) groups is 1. The summed E-state index contributed by atoms with van der Waals surface area (Å²) in [6, 6.07) is 2.40. The van der Waals surface area contributed by atoms with Crippen LogP contribution in [0.2, 0.25) is 0 Å². The number of nitrogens with zero attached hydrogens (tertiary/aromatic N) is 4. The van der Waals surface area contributed by atoms with Gasteiger partial charge in [0.2, 0.25) is 0 Å². The largest absolute Gasteiger partial charge is 0.338 e. The van der Waals surface area contributed by atoms with Crippen LogP contribution in [0.4, 0.5) is 0 Å². The molecule has 0 bridgehead atoms. The number of nitriles is 1. The van der Waals surface area contributed by atoms with E-state index in [-0.39, 0.29) is 10.7 Å². The van der Waals surface area contributed by atoms with Crippen molar-refractivity contribution in [3.05, 3.63) is 10.6 Å². The Morgan fingerprint density at radius 3 is 2.80 bits per heavy atom. The summed E-state index contributed by atoms with van der Waals surface area (Å²) in [6.07, 6.45) is 5.17. The molecule has 2 rings (SSSR count). The minimum Gasteiger partial charge on any atom is -0.338 e. The molecule has 20 heavy (non-hydrogen) atoms. The zero-order valence-electron chi connectivity index (χ0n) is 11.8. The highest BCUT2D eigenvalue weighted by Crippen LogP contribution is 2.34. The Labute approximate surface area is 127 Å². The molecule has 1 aromatic rings.